The van der Waals surface area contributed by atoms with Crippen molar-refractivity contribution >= 4 is 0 Å². The summed E-state index contributed by atoms with van der Waals surface area (Å²) in [4.78, 5) is 0. The van der Waals surface area contributed by atoms with Gasteiger partial charge in [0.2, 0.25) is 0 Å². The Bertz CT molecular complexity index is 279. The lowest BCUT2D eigenvalue weighted by Gasteiger charge is -2.14. The number of phenols is 1. The van der Waals surface area contributed by atoms with Crippen LogP contribution >= 0.6 is 0 Å². The molecule has 2 N–H and O–H groups in total. The number of aryl methyl sites for hydroxylation is 1. The fraction of sp³-hybridized carbons (Fsp3) is 0.455. The summed E-state index contributed by atoms with van der Waals surface area (Å²) in [5.41, 5.74) is 2.17. The van der Waals surface area contributed by atoms with E-state index in [0.29, 0.717) is 11.8 Å². The molecule has 1 rings (SSSR count). The standard InChI is InChI=1S/C11H17NO/c1-4-10(12-3)9-5-6-11(13)8(2)7-9/h5-7,10,12-13H,4H2,1-3H3. The first-order valence-electron chi connectivity index (χ1n) is 4.65. The van der Waals surface area contributed by atoms with Crippen molar-refractivity contribution in [2.75, 3.05) is 7.05 Å². The maximum Gasteiger partial charge on any atom is 0.118 e. The van der Waals surface area contributed by atoms with Crippen molar-refractivity contribution in [3.63, 3.8) is 0 Å². The largest absolute Gasteiger partial charge is 0.508 e. The molecule has 2 nitrogen and oxygen atoms in total. The molecule has 0 aromatic heterocycles. The first-order chi connectivity index (χ1) is 6.19. The highest BCUT2D eigenvalue weighted by Gasteiger charge is 2.07. The fourth-order valence-electron chi connectivity index (χ4n) is 1.50. The zero-order valence-corrected chi connectivity index (χ0v) is 8.46. The smallest absolute Gasteiger partial charge is 0.118 e. The van der Waals surface area contributed by atoms with Gasteiger partial charge in [-0.25, -0.2) is 0 Å². The van der Waals surface area contributed by atoms with Crippen molar-refractivity contribution in [1.29, 1.82) is 0 Å². The van der Waals surface area contributed by atoms with Gasteiger partial charge >= 0.3 is 0 Å². The van der Waals surface area contributed by atoms with Gasteiger partial charge in [0.25, 0.3) is 0 Å². The minimum atomic E-state index is 0.370. The number of hydrogen-bond donors (Lipinski definition) is 2. The van der Waals surface area contributed by atoms with Gasteiger partial charge < -0.3 is 10.4 Å². The molecule has 0 fully saturated rings. The van der Waals surface area contributed by atoms with E-state index in [4.69, 9.17) is 0 Å². The molecule has 0 heterocycles. The fourth-order valence-corrected chi connectivity index (χ4v) is 1.50. The molecule has 2 heteroatoms. The van der Waals surface area contributed by atoms with E-state index in [1.54, 1.807) is 6.07 Å². The molecule has 0 saturated carbocycles. The third-order valence-electron chi connectivity index (χ3n) is 2.38. The van der Waals surface area contributed by atoms with E-state index in [1.807, 2.05) is 26.1 Å². The zero-order valence-electron chi connectivity index (χ0n) is 8.46. The van der Waals surface area contributed by atoms with E-state index in [2.05, 4.69) is 12.2 Å². The topological polar surface area (TPSA) is 32.3 Å². The second-order valence-corrected chi connectivity index (χ2v) is 3.30. The van der Waals surface area contributed by atoms with Crippen LogP contribution < -0.4 is 5.32 Å². The molecular weight excluding hydrogens is 162 g/mol. The van der Waals surface area contributed by atoms with Crippen molar-refractivity contribution in [2.24, 2.45) is 0 Å². The van der Waals surface area contributed by atoms with Crippen LogP contribution in [0.4, 0.5) is 0 Å². The molecule has 0 aliphatic heterocycles. The van der Waals surface area contributed by atoms with Gasteiger partial charge in [0.05, 0.1) is 0 Å². The molecule has 0 saturated heterocycles. The molecule has 1 aromatic rings. The van der Waals surface area contributed by atoms with Gasteiger partial charge in [-0.2, -0.15) is 0 Å². The Kier molecular flexibility index (Phi) is 3.32. The lowest BCUT2D eigenvalue weighted by atomic mass is 10.0. The van der Waals surface area contributed by atoms with Crippen LogP contribution in [0.25, 0.3) is 0 Å². The van der Waals surface area contributed by atoms with Crippen LogP contribution in [0.5, 0.6) is 5.75 Å². The first kappa shape index (κ1) is 10.1. The van der Waals surface area contributed by atoms with Gasteiger partial charge in [-0.3, -0.25) is 0 Å². The molecular formula is C11H17NO. The number of benzene rings is 1. The Hall–Kier alpha value is -1.02. The van der Waals surface area contributed by atoms with Crippen molar-refractivity contribution < 1.29 is 5.11 Å². The predicted molar refractivity (Wildman–Crippen MR) is 54.9 cm³/mol. The lowest BCUT2D eigenvalue weighted by Crippen LogP contribution is -2.15. The molecule has 1 aromatic carbocycles. The quantitative estimate of drug-likeness (QED) is 0.746. The molecule has 1 atom stereocenters. The van der Waals surface area contributed by atoms with Crippen LogP contribution in [-0.2, 0) is 0 Å². The number of phenolic OH excluding ortho intramolecular Hbond substituents is 1. The zero-order chi connectivity index (χ0) is 9.84. The van der Waals surface area contributed by atoms with E-state index in [0.717, 1.165) is 12.0 Å². The van der Waals surface area contributed by atoms with Crippen LogP contribution in [0.1, 0.15) is 30.5 Å². The summed E-state index contributed by atoms with van der Waals surface area (Å²) in [5.74, 6) is 0.370. The van der Waals surface area contributed by atoms with Gasteiger partial charge in [0.15, 0.2) is 0 Å². The van der Waals surface area contributed by atoms with E-state index in [-0.39, 0.29) is 0 Å². The SMILES string of the molecule is CCC(NC)c1ccc(O)c(C)c1. The van der Waals surface area contributed by atoms with Gasteiger partial charge in [0.1, 0.15) is 5.75 Å². The number of rotatable bonds is 3. The van der Waals surface area contributed by atoms with E-state index >= 15 is 0 Å². The Balaban J connectivity index is 2.95. The average Bonchev–Trinajstić information content (AvgIpc) is 2.13. The third-order valence-corrected chi connectivity index (χ3v) is 2.38. The minimum absolute atomic E-state index is 0.370. The highest BCUT2D eigenvalue weighted by molar-refractivity contribution is 5.36. The van der Waals surface area contributed by atoms with E-state index < -0.39 is 0 Å². The Morgan fingerprint density at radius 1 is 1.46 bits per heavy atom. The second-order valence-electron chi connectivity index (χ2n) is 3.30. The molecule has 0 bridgehead atoms. The van der Waals surface area contributed by atoms with Crippen molar-refractivity contribution in [1.82, 2.24) is 5.32 Å². The highest BCUT2D eigenvalue weighted by atomic mass is 16.3. The lowest BCUT2D eigenvalue weighted by molar-refractivity contribution is 0.470. The minimum Gasteiger partial charge on any atom is -0.508 e. The Labute approximate surface area is 79.6 Å². The normalized spacial score (nSPS) is 12.8. The van der Waals surface area contributed by atoms with Crippen molar-refractivity contribution in [2.45, 2.75) is 26.3 Å². The number of nitrogens with one attached hydrogen (secondary N) is 1. The van der Waals surface area contributed by atoms with Crippen LogP contribution in [0.3, 0.4) is 0 Å². The number of hydrogen-bond acceptors (Lipinski definition) is 2. The van der Waals surface area contributed by atoms with E-state index in [1.165, 1.54) is 5.56 Å². The molecule has 1 unspecified atom stereocenters. The van der Waals surface area contributed by atoms with Gasteiger partial charge in [0, 0.05) is 6.04 Å². The first-order valence-corrected chi connectivity index (χ1v) is 4.65. The maximum absolute atomic E-state index is 9.35. The monoisotopic (exact) mass is 179 g/mol. The third kappa shape index (κ3) is 2.22. The summed E-state index contributed by atoms with van der Waals surface area (Å²) in [7, 11) is 1.95. The summed E-state index contributed by atoms with van der Waals surface area (Å²) in [6, 6.07) is 6.14. The number of aromatic hydroxyl groups is 1. The average molecular weight is 179 g/mol. The molecule has 0 aliphatic carbocycles. The van der Waals surface area contributed by atoms with Crippen LogP contribution in [0.15, 0.2) is 18.2 Å². The van der Waals surface area contributed by atoms with Gasteiger partial charge in [-0.1, -0.05) is 19.1 Å². The molecule has 72 valence electrons. The van der Waals surface area contributed by atoms with Crippen LogP contribution in [0, 0.1) is 6.92 Å². The molecule has 0 radical (unpaired) electrons. The molecule has 13 heavy (non-hydrogen) atoms. The summed E-state index contributed by atoms with van der Waals surface area (Å²) < 4.78 is 0. The van der Waals surface area contributed by atoms with Crippen molar-refractivity contribution in [3.05, 3.63) is 29.3 Å². The van der Waals surface area contributed by atoms with Gasteiger partial charge in [-0.05, 0) is 37.6 Å². The molecule has 0 aliphatic rings. The van der Waals surface area contributed by atoms with E-state index in [9.17, 15) is 5.11 Å². The Morgan fingerprint density at radius 3 is 2.62 bits per heavy atom. The summed E-state index contributed by atoms with van der Waals surface area (Å²) >= 11 is 0. The van der Waals surface area contributed by atoms with Gasteiger partial charge in [-0.15, -0.1) is 0 Å². The highest BCUT2D eigenvalue weighted by Crippen LogP contribution is 2.22. The second kappa shape index (κ2) is 4.28. The van der Waals surface area contributed by atoms with Crippen molar-refractivity contribution in [3.8, 4) is 5.75 Å². The summed E-state index contributed by atoms with van der Waals surface area (Å²) in [6.07, 6.45) is 1.06. The van der Waals surface area contributed by atoms with Crippen LogP contribution in [0.2, 0.25) is 0 Å². The molecule has 0 amide bonds. The molecule has 0 spiro atoms. The Morgan fingerprint density at radius 2 is 2.15 bits per heavy atom. The maximum atomic E-state index is 9.35. The predicted octanol–water partition coefficient (Wildman–Crippen LogP) is 2.37. The summed E-state index contributed by atoms with van der Waals surface area (Å²) in [5, 5.41) is 12.6. The summed E-state index contributed by atoms with van der Waals surface area (Å²) in [6.45, 7) is 4.06. The van der Waals surface area contributed by atoms with Crippen LogP contribution in [-0.4, -0.2) is 12.2 Å².